The van der Waals surface area contributed by atoms with Crippen molar-refractivity contribution in [3.8, 4) is 11.5 Å². The second-order valence-corrected chi connectivity index (χ2v) is 5.76. The molecule has 1 aromatic carbocycles. The molecule has 28 heavy (non-hydrogen) atoms. The summed E-state index contributed by atoms with van der Waals surface area (Å²) in [6, 6.07) is 10.3. The van der Waals surface area contributed by atoms with E-state index in [0.717, 1.165) is 0 Å². The van der Waals surface area contributed by atoms with Crippen LogP contribution in [0.4, 0.5) is 5.69 Å². The number of hydrogen-bond donors (Lipinski definition) is 2. The number of carbonyl (C=O) groups excluding carboxylic acids is 2. The van der Waals surface area contributed by atoms with Crippen molar-refractivity contribution in [2.75, 3.05) is 26.1 Å². The molecule has 3 rings (SSSR count). The largest absolute Gasteiger partial charge is 0.497 e. The Bertz CT molecular complexity index is 1040. The van der Waals surface area contributed by atoms with Crippen LogP contribution in [0.25, 0.3) is 5.52 Å². The molecule has 0 aliphatic heterocycles. The quantitative estimate of drug-likeness (QED) is 0.614. The SMILES string of the molecule is C=CCNC(=O)c1nc(C(=O)Nc2ccc(OC)cc2OC)c2ccccn12. The number of fused-ring (bicyclic) bond motifs is 1. The van der Waals surface area contributed by atoms with Crippen molar-refractivity contribution in [2.45, 2.75) is 0 Å². The number of ether oxygens (including phenoxy) is 2. The Labute approximate surface area is 161 Å². The molecule has 0 unspecified atom stereocenters. The molecule has 8 heteroatoms. The lowest BCUT2D eigenvalue weighted by Gasteiger charge is -2.11. The summed E-state index contributed by atoms with van der Waals surface area (Å²) >= 11 is 0. The molecule has 0 radical (unpaired) electrons. The molecule has 0 aliphatic rings. The average molecular weight is 380 g/mol. The Morgan fingerprint density at radius 1 is 1.18 bits per heavy atom. The summed E-state index contributed by atoms with van der Waals surface area (Å²) in [6.07, 6.45) is 3.24. The molecule has 144 valence electrons. The third-order valence-corrected chi connectivity index (χ3v) is 4.03. The first kappa shape index (κ1) is 19.0. The lowest BCUT2D eigenvalue weighted by molar-refractivity contribution is 0.0947. The second kappa shape index (κ2) is 8.26. The van der Waals surface area contributed by atoms with Crippen molar-refractivity contribution >= 4 is 23.0 Å². The topological polar surface area (TPSA) is 94.0 Å². The number of nitrogens with one attached hydrogen (secondary N) is 2. The van der Waals surface area contributed by atoms with Gasteiger partial charge in [-0.15, -0.1) is 6.58 Å². The van der Waals surface area contributed by atoms with Crippen LogP contribution in [-0.4, -0.2) is 42.0 Å². The van der Waals surface area contributed by atoms with Gasteiger partial charge in [0.05, 0.1) is 25.4 Å². The Hall–Kier alpha value is -3.81. The minimum absolute atomic E-state index is 0.115. The number of aromatic nitrogens is 2. The minimum Gasteiger partial charge on any atom is -0.497 e. The van der Waals surface area contributed by atoms with Crippen LogP contribution in [0.2, 0.25) is 0 Å². The van der Waals surface area contributed by atoms with Gasteiger partial charge < -0.3 is 20.1 Å². The first-order valence-corrected chi connectivity index (χ1v) is 8.48. The van der Waals surface area contributed by atoms with Crippen LogP contribution in [0.5, 0.6) is 11.5 Å². The second-order valence-electron chi connectivity index (χ2n) is 5.76. The van der Waals surface area contributed by atoms with Crippen LogP contribution < -0.4 is 20.1 Å². The number of anilines is 1. The third kappa shape index (κ3) is 3.66. The molecule has 2 heterocycles. The number of benzene rings is 1. The van der Waals surface area contributed by atoms with E-state index < -0.39 is 11.8 Å². The van der Waals surface area contributed by atoms with E-state index in [9.17, 15) is 9.59 Å². The Balaban J connectivity index is 1.96. The minimum atomic E-state index is -0.463. The predicted octanol–water partition coefficient (Wildman–Crippen LogP) is 2.52. The summed E-state index contributed by atoms with van der Waals surface area (Å²) in [7, 11) is 3.04. The fourth-order valence-corrected chi connectivity index (χ4v) is 2.69. The summed E-state index contributed by atoms with van der Waals surface area (Å²) in [6.45, 7) is 3.87. The van der Waals surface area contributed by atoms with Gasteiger partial charge in [-0.1, -0.05) is 12.1 Å². The van der Waals surface area contributed by atoms with Gasteiger partial charge in [0.25, 0.3) is 11.8 Å². The first-order chi connectivity index (χ1) is 13.6. The van der Waals surface area contributed by atoms with Gasteiger partial charge in [-0.3, -0.25) is 14.0 Å². The van der Waals surface area contributed by atoms with E-state index in [1.807, 2.05) is 0 Å². The fraction of sp³-hybridized carbons (Fsp3) is 0.150. The van der Waals surface area contributed by atoms with Crippen molar-refractivity contribution in [2.24, 2.45) is 0 Å². The van der Waals surface area contributed by atoms with Gasteiger partial charge in [-0.2, -0.15) is 0 Å². The maximum Gasteiger partial charge on any atom is 0.287 e. The number of imidazole rings is 1. The maximum atomic E-state index is 12.9. The number of carbonyl (C=O) groups is 2. The molecule has 0 aliphatic carbocycles. The normalized spacial score (nSPS) is 10.4. The summed E-state index contributed by atoms with van der Waals surface area (Å²) in [5.74, 6) is 0.296. The molecule has 0 bridgehead atoms. The molecule has 0 saturated carbocycles. The molecule has 0 spiro atoms. The van der Waals surface area contributed by atoms with Crippen LogP contribution in [0.3, 0.4) is 0 Å². The molecule has 3 aromatic rings. The van der Waals surface area contributed by atoms with Crippen molar-refractivity contribution in [3.05, 3.63) is 66.8 Å². The van der Waals surface area contributed by atoms with Gasteiger partial charge in [0.15, 0.2) is 5.69 Å². The number of rotatable bonds is 7. The number of pyridine rings is 1. The molecule has 2 aromatic heterocycles. The molecule has 0 atom stereocenters. The van der Waals surface area contributed by atoms with E-state index >= 15 is 0 Å². The molecular weight excluding hydrogens is 360 g/mol. The van der Waals surface area contributed by atoms with Gasteiger partial charge in [0, 0.05) is 18.8 Å². The van der Waals surface area contributed by atoms with Gasteiger partial charge in [0.1, 0.15) is 11.5 Å². The smallest absolute Gasteiger partial charge is 0.287 e. The van der Waals surface area contributed by atoms with E-state index in [1.165, 1.54) is 7.11 Å². The maximum absolute atomic E-state index is 12.9. The highest BCUT2D eigenvalue weighted by molar-refractivity contribution is 6.09. The highest BCUT2D eigenvalue weighted by atomic mass is 16.5. The van der Waals surface area contributed by atoms with Crippen LogP contribution >= 0.6 is 0 Å². The molecule has 2 amide bonds. The number of nitrogens with zero attached hydrogens (tertiary/aromatic N) is 2. The van der Waals surface area contributed by atoms with Crippen LogP contribution in [0.1, 0.15) is 21.1 Å². The summed E-state index contributed by atoms with van der Waals surface area (Å²) < 4.78 is 12.0. The monoisotopic (exact) mass is 380 g/mol. The molecular formula is C20H20N4O4. The lowest BCUT2D eigenvalue weighted by Crippen LogP contribution is -2.25. The summed E-state index contributed by atoms with van der Waals surface area (Å²) in [5, 5.41) is 5.44. The fourth-order valence-electron chi connectivity index (χ4n) is 2.69. The molecule has 2 N–H and O–H groups in total. The van der Waals surface area contributed by atoms with E-state index in [4.69, 9.17) is 9.47 Å². The molecule has 0 saturated heterocycles. The molecule has 8 nitrogen and oxygen atoms in total. The standard InChI is InChI=1S/C20H20N4O4/c1-4-10-21-20(26)18-23-17(15-7-5-6-11-24(15)18)19(25)22-14-9-8-13(27-2)12-16(14)28-3/h4-9,11-12H,1,10H2,2-3H3,(H,21,26)(H,22,25). The van der Waals surface area contributed by atoms with E-state index in [1.54, 1.807) is 60.2 Å². The van der Waals surface area contributed by atoms with Crippen molar-refractivity contribution in [1.82, 2.24) is 14.7 Å². The number of hydrogen-bond acceptors (Lipinski definition) is 5. The van der Waals surface area contributed by atoms with Gasteiger partial charge in [0.2, 0.25) is 5.82 Å². The van der Waals surface area contributed by atoms with Crippen molar-refractivity contribution in [1.29, 1.82) is 0 Å². The van der Waals surface area contributed by atoms with E-state index in [0.29, 0.717) is 29.2 Å². The summed E-state index contributed by atoms with van der Waals surface area (Å²) in [4.78, 5) is 29.5. The summed E-state index contributed by atoms with van der Waals surface area (Å²) in [5.41, 5.74) is 1.10. The predicted molar refractivity (Wildman–Crippen MR) is 105 cm³/mol. The van der Waals surface area contributed by atoms with E-state index in [2.05, 4.69) is 22.2 Å². The first-order valence-electron chi connectivity index (χ1n) is 8.48. The highest BCUT2D eigenvalue weighted by Crippen LogP contribution is 2.29. The average Bonchev–Trinajstić information content (AvgIpc) is 3.12. The third-order valence-electron chi connectivity index (χ3n) is 4.03. The van der Waals surface area contributed by atoms with Crippen LogP contribution in [0.15, 0.2) is 55.3 Å². The Morgan fingerprint density at radius 3 is 2.71 bits per heavy atom. The highest BCUT2D eigenvalue weighted by Gasteiger charge is 2.22. The van der Waals surface area contributed by atoms with Crippen molar-refractivity contribution in [3.63, 3.8) is 0 Å². The molecule has 0 fully saturated rings. The van der Waals surface area contributed by atoms with Gasteiger partial charge in [-0.25, -0.2) is 4.98 Å². The Morgan fingerprint density at radius 2 is 2.00 bits per heavy atom. The van der Waals surface area contributed by atoms with Gasteiger partial charge in [-0.05, 0) is 24.3 Å². The zero-order valence-electron chi connectivity index (χ0n) is 15.6. The van der Waals surface area contributed by atoms with Crippen molar-refractivity contribution < 1.29 is 19.1 Å². The zero-order chi connectivity index (χ0) is 20.1. The zero-order valence-corrected chi connectivity index (χ0v) is 15.6. The van der Waals surface area contributed by atoms with E-state index in [-0.39, 0.29) is 11.5 Å². The number of methoxy groups -OCH3 is 2. The number of amides is 2. The Kier molecular flexibility index (Phi) is 5.59. The lowest BCUT2D eigenvalue weighted by atomic mass is 10.2. The van der Waals surface area contributed by atoms with Gasteiger partial charge >= 0.3 is 0 Å². The van der Waals surface area contributed by atoms with Crippen LogP contribution in [-0.2, 0) is 0 Å². The van der Waals surface area contributed by atoms with Crippen LogP contribution in [0, 0.1) is 0 Å².